The summed E-state index contributed by atoms with van der Waals surface area (Å²) >= 11 is 0. The Hall–Kier alpha value is -2.35. The van der Waals surface area contributed by atoms with Crippen LogP contribution >= 0.6 is 0 Å². The molecule has 0 saturated heterocycles. The molecule has 0 aliphatic carbocycles. The van der Waals surface area contributed by atoms with E-state index in [4.69, 9.17) is 0 Å². The van der Waals surface area contributed by atoms with E-state index in [1.54, 1.807) is 40.0 Å². The van der Waals surface area contributed by atoms with Crippen molar-refractivity contribution in [1.29, 1.82) is 0 Å². The number of aryl methyl sites for hydroxylation is 2. The number of carbonyl (C=O) groups excluding carboxylic acids is 1. The molecular weight excluding hydrogens is 345 g/mol. The molecule has 1 aromatic heterocycles. The van der Waals surface area contributed by atoms with Gasteiger partial charge in [0.1, 0.15) is 0 Å². The molecule has 142 valence electrons. The lowest BCUT2D eigenvalue weighted by Gasteiger charge is -2.17. The van der Waals surface area contributed by atoms with Gasteiger partial charge in [-0.25, -0.2) is 4.68 Å². The van der Waals surface area contributed by atoms with Crippen LogP contribution in [0.2, 0.25) is 0 Å². The average molecular weight is 368 g/mol. The van der Waals surface area contributed by atoms with Crippen molar-refractivity contribution >= 4 is 5.91 Å². The smallest absolute Gasteiger partial charge is 0.352 e. The average Bonchev–Trinajstić information content (AvgIpc) is 2.90. The summed E-state index contributed by atoms with van der Waals surface area (Å²) in [6.45, 7) is 5.55. The van der Waals surface area contributed by atoms with E-state index in [0.717, 1.165) is 17.5 Å². The number of nitrogens with one attached hydrogen (secondary N) is 2. The first-order valence-electron chi connectivity index (χ1n) is 8.29. The fourth-order valence-electron chi connectivity index (χ4n) is 2.76. The van der Waals surface area contributed by atoms with Gasteiger partial charge >= 0.3 is 6.18 Å². The minimum atomic E-state index is -4.53. The normalized spacial score (nSPS) is 12.9. The number of benzene rings is 1. The van der Waals surface area contributed by atoms with Gasteiger partial charge in [0.15, 0.2) is 0 Å². The predicted octanol–water partition coefficient (Wildman–Crippen LogP) is 2.98. The molecule has 2 rings (SSSR count). The number of aromatic nitrogens is 2. The van der Waals surface area contributed by atoms with Crippen LogP contribution < -0.4 is 10.6 Å². The molecule has 26 heavy (non-hydrogen) atoms. The molecule has 1 atom stereocenters. The highest BCUT2D eigenvalue weighted by atomic mass is 19.4. The van der Waals surface area contributed by atoms with E-state index in [9.17, 15) is 18.0 Å². The summed E-state index contributed by atoms with van der Waals surface area (Å²) in [6, 6.07) is 5.83. The Morgan fingerprint density at radius 3 is 2.50 bits per heavy atom. The van der Waals surface area contributed by atoms with E-state index in [1.807, 2.05) is 0 Å². The highest BCUT2D eigenvalue weighted by Gasteiger charge is 2.34. The lowest BCUT2D eigenvalue weighted by molar-refractivity contribution is -0.138. The quantitative estimate of drug-likeness (QED) is 0.824. The number of nitrogens with zero attached hydrogens (tertiary/aromatic N) is 2. The van der Waals surface area contributed by atoms with Crippen molar-refractivity contribution in [3.63, 3.8) is 0 Å². The SMILES string of the molecule is CNCC(C)C(=O)NCc1ccc(-n2nc(C)cc2C)cc1C(F)(F)F. The fraction of sp³-hybridized carbons (Fsp3) is 0.444. The zero-order valence-corrected chi connectivity index (χ0v) is 15.2. The Kier molecular flexibility index (Phi) is 6.07. The molecule has 5 nitrogen and oxygen atoms in total. The third-order valence-corrected chi connectivity index (χ3v) is 4.06. The minimum absolute atomic E-state index is 0.0211. The topological polar surface area (TPSA) is 59.0 Å². The zero-order chi connectivity index (χ0) is 19.5. The van der Waals surface area contributed by atoms with Crippen molar-refractivity contribution in [3.05, 3.63) is 46.8 Å². The molecule has 0 aliphatic heterocycles. The molecule has 2 N–H and O–H groups in total. The van der Waals surface area contributed by atoms with E-state index < -0.39 is 11.7 Å². The van der Waals surface area contributed by atoms with E-state index in [2.05, 4.69) is 15.7 Å². The zero-order valence-electron chi connectivity index (χ0n) is 15.2. The van der Waals surface area contributed by atoms with Crippen LogP contribution in [0.5, 0.6) is 0 Å². The highest BCUT2D eigenvalue weighted by molar-refractivity contribution is 5.78. The Morgan fingerprint density at radius 1 is 1.27 bits per heavy atom. The molecule has 1 heterocycles. The van der Waals surface area contributed by atoms with Crippen molar-refractivity contribution < 1.29 is 18.0 Å². The van der Waals surface area contributed by atoms with Crippen LogP contribution in [0.15, 0.2) is 24.3 Å². The molecular formula is C18H23F3N4O. The number of hydrogen-bond acceptors (Lipinski definition) is 3. The van der Waals surface area contributed by atoms with E-state index in [1.165, 1.54) is 10.7 Å². The molecule has 1 amide bonds. The van der Waals surface area contributed by atoms with E-state index in [-0.39, 0.29) is 23.9 Å². The molecule has 0 saturated carbocycles. The molecule has 8 heteroatoms. The number of amides is 1. The van der Waals surface area contributed by atoms with Gasteiger partial charge in [-0.1, -0.05) is 13.0 Å². The van der Waals surface area contributed by atoms with Crippen LogP contribution in [-0.2, 0) is 17.5 Å². The maximum absolute atomic E-state index is 13.5. The Balaban J connectivity index is 2.30. The Morgan fingerprint density at radius 2 is 1.96 bits per heavy atom. The lowest BCUT2D eigenvalue weighted by atomic mass is 10.0. The van der Waals surface area contributed by atoms with Crippen LogP contribution in [0.25, 0.3) is 5.69 Å². The van der Waals surface area contributed by atoms with Crippen molar-refractivity contribution in [2.75, 3.05) is 13.6 Å². The summed E-state index contributed by atoms with van der Waals surface area (Å²) in [5.74, 6) is -0.626. The predicted molar refractivity (Wildman–Crippen MR) is 93.0 cm³/mol. The summed E-state index contributed by atoms with van der Waals surface area (Å²) in [4.78, 5) is 12.0. The van der Waals surface area contributed by atoms with E-state index in [0.29, 0.717) is 12.2 Å². The fourth-order valence-corrected chi connectivity index (χ4v) is 2.76. The third kappa shape index (κ3) is 4.63. The second kappa shape index (κ2) is 7.90. The number of carbonyl (C=O) groups is 1. The van der Waals surface area contributed by atoms with Gasteiger partial charge in [-0.05, 0) is 44.7 Å². The van der Waals surface area contributed by atoms with Gasteiger partial charge in [0.05, 0.1) is 16.9 Å². The van der Waals surface area contributed by atoms with Crippen molar-refractivity contribution in [3.8, 4) is 5.69 Å². The molecule has 0 fully saturated rings. The number of halogens is 3. The highest BCUT2D eigenvalue weighted by Crippen LogP contribution is 2.33. The van der Waals surface area contributed by atoms with Crippen molar-refractivity contribution in [2.45, 2.75) is 33.5 Å². The number of hydrogen-bond donors (Lipinski definition) is 2. The van der Waals surface area contributed by atoms with Crippen LogP contribution in [0.4, 0.5) is 13.2 Å². The van der Waals surface area contributed by atoms with Gasteiger partial charge in [-0.2, -0.15) is 18.3 Å². The maximum atomic E-state index is 13.5. The molecule has 0 aliphatic rings. The first-order chi connectivity index (χ1) is 12.1. The van der Waals surface area contributed by atoms with Crippen molar-refractivity contribution in [1.82, 2.24) is 20.4 Å². The standard InChI is InChI=1S/C18H23F3N4O/c1-11(9-22-4)17(26)23-10-14-5-6-15(8-16(14)18(19,20)21)25-13(3)7-12(2)24-25/h5-8,11,22H,9-10H2,1-4H3,(H,23,26). The van der Waals surface area contributed by atoms with Gasteiger partial charge in [0.25, 0.3) is 0 Å². The van der Waals surface area contributed by atoms with Crippen LogP contribution in [0.3, 0.4) is 0 Å². The summed E-state index contributed by atoms with van der Waals surface area (Å²) in [6.07, 6.45) is -4.53. The molecule has 0 bridgehead atoms. The third-order valence-electron chi connectivity index (χ3n) is 4.06. The maximum Gasteiger partial charge on any atom is 0.416 e. The summed E-state index contributed by atoms with van der Waals surface area (Å²) in [5.41, 5.74) is 1.06. The van der Waals surface area contributed by atoms with Crippen LogP contribution in [0.1, 0.15) is 29.4 Å². The first-order valence-corrected chi connectivity index (χ1v) is 8.29. The Labute approximate surface area is 150 Å². The minimum Gasteiger partial charge on any atom is -0.352 e. The number of rotatable bonds is 6. The van der Waals surface area contributed by atoms with Gasteiger partial charge in [-0.15, -0.1) is 0 Å². The second-order valence-corrected chi connectivity index (χ2v) is 6.35. The molecule has 2 aromatic rings. The second-order valence-electron chi connectivity index (χ2n) is 6.35. The van der Waals surface area contributed by atoms with Crippen LogP contribution in [0, 0.1) is 19.8 Å². The largest absolute Gasteiger partial charge is 0.416 e. The van der Waals surface area contributed by atoms with Gasteiger partial charge in [0, 0.05) is 24.7 Å². The van der Waals surface area contributed by atoms with Crippen LogP contribution in [-0.4, -0.2) is 29.3 Å². The summed E-state index contributed by atoms with van der Waals surface area (Å²) < 4.78 is 42.0. The molecule has 1 unspecified atom stereocenters. The van der Waals surface area contributed by atoms with Gasteiger partial charge in [-0.3, -0.25) is 4.79 Å². The Bertz CT molecular complexity index is 783. The molecule has 1 aromatic carbocycles. The lowest BCUT2D eigenvalue weighted by Crippen LogP contribution is -2.34. The van der Waals surface area contributed by atoms with Gasteiger partial charge < -0.3 is 10.6 Å². The molecule has 0 radical (unpaired) electrons. The van der Waals surface area contributed by atoms with Gasteiger partial charge in [0.2, 0.25) is 5.91 Å². The van der Waals surface area contributed by atoms with Crippen molar-refractivity contribution in [2.24, 2.45) is 5.92 Å². The monoisotopic (exact) mass is 368 g/mol. The number of alkyl halides is 3. The first kappa shape index (κ1) is 20.0. The molecule has 0 spiro atoms. The van der Waals surface area contributed by atoms with E-state index >= 15 is 0 Å². The summed E-state index contributed by atoms with van der Waals surface area (Å²) in [7, 11) is 1.71. The summed E-state index contributed by atoms with van der Waals surface area (Å²) in [5, 5.41) is 9.66.